The molecule has 1 aromatic carbocycles. The molecule has 1 heterocycles. The highest BCUT2D eigenvalue weighted by Gasteiger charge is 2.17. The summed E-state index contributed by atoms with van der Waals surface area (Å²) in [7, 11) is 0. The summed E-state index contributed by atoms with van der Waals surface area (Å²) < 4.78 is 10.8. The van der Waals surface area contributed by atoms with E-state index in [1.54, 1.807) is 6.92 Å². The minimum atomic E-state index is -0.965. The van der Waals surface area contributed by atoms with Gasteiger partial charge in [0.25, 0.3) is 0 Å². The van der Waals surface area contributed by atoms with E-state index in [1.807, 2.05) is 37.3 Å². The average Bonchev–Trinajstić information content (AvgIpc) is 2.46. The molecular formula is C16H19NO4. The molecule has 0 saturated heterocycles. The summed E-state index contributed by atoms with van der Waals surface area (Å²) in [5, 5.41) is 10.0. The Hall–Kier alpha value is -2.14. The van der Waals surface area contributed by atoms with Gasteiger partial charge in [-0.15, -0.1) is 0 Å². The standard InChI is InChI=1S/C16H19NO4/c1-3-20-14(16(18)19)9-10-21-13-6-4-5-12-8-7-11(2)17-15(12)13/h4-8,14H,3,9-10H2,1-2H3,(H,18,19). The van der Waals surface area contributed by atoms with Gasteiger partial charge < -0.3 is 14.6 Å². The monoisotopic (exact) mass is 289 g/mol. The molecule has 1 N–H and O–H groups in total. The molecule has 5 nitrogen and oxygen atoms in total. The molecule has 21 heavy (non-hydrogen) atoms. The zero-order valence-corrected chi connectivity index (χ0v) is 12.2. The smallest absolute Gasteiger partial charge is 0.332 e. The van der Waals surface area contributed by atoms with Gasteiger partial charge in [0.1, 0.15) is 11.3 Å². The van der Waals surface area contributed by atoms with Crippen LogP contribution in [0.5, 0.6) is 5.75 Å². The van der Waals surface area contributed by atoms with Crippen LogP contribution < -0.4 is 4.74 Å². The highest BCUT2D eigenvalue weighted by atomic mass is 16.5. The number of pyridine rings is 1. The molecule has 0 amide bonds. The molecule has 0 bridgehead atoms. The van der Waals surface area contributed by atoms with E-state index in [9.17, 15) is 4.79 Å². The van der Waals surface area contributed by atoms with E-state index in [1.165, 1.54) is 0 Å². The van der Waals surface area contributed by atoms with Crippen molar-refractivity contribution in [2.75, 3.05) is 13.2 Å². The third-order valence-corrected chi connectivity index (χ3v) is 3.10. The minimum Gasteiger partial charge on any atom is -0.491 e. The molecule has 1 aromatic heterocycles. The summed E-state index contributed by atoms with van der Waals surface area (Å²) in [6.45, 7) is 4.33. The molecule has 1 atom stereocenters. The lowest BCUT2D eigenvalue weighted by Gasteiger charge is -2.13. The van der Waals surface area contributed by atoms with Crippen molar-refractivity contribution in [2.45, 2.75) is 26.4 Å². The molecule has 2 aromatic rings. The number of ether oxygens (including phenoxy) is 2. The maximum atomic E-state index is 11.0. The first-order chi connectivity index (χ1) is 10.1. The summed E-state index contributed by atoms with van der Waals surface area (Å²) in [4.78, 5) is 15.5. The Kier molecular flexibility index (Phi) is 5.11. The fourth-order valence-corrected chi connectivity index (χ4v) is 2.09. The highest BCUT2D eigenvalue weighted by Crippen LogP contribution is 2.24. The van der Waals surface area contributed by atoms with Gasteiger partial charge in [0, 0.05) is 24.1 Å². The van der Waals surface area contributed by atoms with Crippen LogP contribution in [0.4, 0.5) is 0 Å². The first-order valence-electron chi connectivity index (χ1n) is 6.95. The van der Waals surface area contributed by atoms with Crippen molar-refractivity contribution in [3.63, 3.8) is 0 Å². The lowest BCUT2D eigenvalue weighted by Crippen LogP contribution is -2.26. The van der Waals surface area contributed by atoms with E-state index in [2.05, 4.69) is 4.98 Å². The predicted molar refractivity (Wildman–Crippen MR) is 79.6 cm³/mol. The predicted octanol–water partition coefficient (Wildman–Crippen LogP) is 2.80. The van der Waals surface area contributed by atoms with E-state index in [0.717, 1.165) is 16.6 Å². The topological polar surface area (TPSA) is 68.7 Å². The number of aromatic nitrogens is 1. The Morgan fingerprint density at radius 3 is 2.86 bits per heavy atom. The van der Waals surface area contributed by atoms with E-state index in [-0.39, 0.29) is 6.61 Å². The fraction of sp³-hybridized carbons (Fsp3) is 0.375. The Morgan fingerprint density at radius 1 is 1.33 bits per heavy atom. The minimum absolute atomic E-state index is 0.270. The van der Waals surface area contributed by atoms with Gasteiger partial charge in [-0.3, -0.25) is 0 Å². The molecule has 2 rings (SSSR count). The van der Waals surface area contributed by atoms with Crippen LogP contribution in [-0.4, -0.2) is 35.4 Å². The van der Waals surface area contributed by atoms with Crippen LogP contribution in [0, 0.1) is 6.92 Å². The van der Waals surface area contributed by atoms with Crippen molar-refractivity contribution in [3.8, 4) is 5.75 Å². The van der Waals surface area contributed by atoms with E-state index >= 15 is 0 Å². The number of carboxylic acids is 1. The number of aryl methyl sites for hydroxylation is 1. The molecule has 1 unspecified atom stereocenters. The number of hydrogen-bond donors (Lipinski definition) is 1. The highest BCUT2D eigenvalue weighted by molar-refractivity contribution is 5.84. The van der Waals surface area contributed by atoms with Gasteiger partial charge in [-0.25, -0.2) is 9.78 Å². The third-order valence-electron chi connectivity index (χ3n) is 3.10. The van der Waals surface area contributed by atoms with Crippen LogP contribution >= 0.6 is 0 Å². The van der Waals surface area contributed by atoms with Crippen molar-refractivity contribution in [1.82, 2.24) is 4.98 Å². The van der Waals surface area contributed by atoms with Crippen molar-refractivity contribution < 1.29 is 19.4 Å². The number of fused-ring (bicyclic) bond motifs is 1. The number of carbonyl (C=O) groups is 1. The van der Waals surface area contributed by atoms with Gasteiger partial charge in [-0.05, 0) is 26.0 Å². The largest absolute Gasteiger partial charge is 0.491 e. The number of aliphatic carboxylic acids is 1. The molecule has 112 valence electrons. The van der Waals surface area contributed by atoms with Gasteiger partial charge >= 0.3 is 5.97 Å². The summed E-state index contributed by atoms with van der Waals surface area (Å²) in [5.41, 5.74) is 1.71. The number of carboxylic acid groups (broad SMARTS) is 1. The number of benzene rings is 1. The Morgan fingerprint density at radius 2 is 2.14 bits per heavy atom. The van der Waals surface area contributed by atoms with Crippen LogP contribution in [0.3, 0.4) is 0 Å². The maximum absolute atomic E-state index is 11.0. The SMILES string of the molecule is CCOC(CCOc1cccc2ccc(C)nc12)C(=O)O. The molecule has 0 aliphatic rings. The molecule has 0 aliphatic carbocycles. The Balaban J connectivity index is 2.06. The molecule has 0 radical (unpaired) electrons. The second kappa shape index (κ2) is 7.04. The number of rotatable bonds is 7. The van der Waals surface area contributed by atoms with E-state index in [0.29, 0.717) is 18.8 Å². The second-order valence-corrected chi connectivity index (χ2v) is 4.70. The van der Waals surface area contributed by atoms with Gasteiger partial charge in [-0.1, -0.05) is 18.2 Å². The maximum Gasteiger partial charge on any atom is 0.332 e. The van der Waals surface area contributed by atoms with Gasteiger partial charge in [-0.2, -0.15) is 0 Å². The van der Waals surface area contributed by atoms with E-state index < -0.39 is 12.1 Å². The van der Waals surface area contributed by atoms with Gasteiger partial charge in [0.2, 0.25) is 0 Å². The fourth-order valence-electron chi connectivity index (χ4n) is 2.09. The zero-order chi connectivity index (χ0) is 15.2. The summed E-state index contributed by atoms with van der Waals surface area (Å²) in [6.07, 6.45) is -0.537. The molecular weight excluding hydrogens is 270 g/mol. The lowest BCUT2D eigenvalue weighted by molar-refractivity contribution is -0.150. The lowest BCUT2D eigenvalue weighted by atomic mass is 10.2. The Labute approximate surface area is 123 Å². The van der Waals surface area contributed by atoms with Crippen molar-refractivity contribution in [1.29, 1.82) is 0 Å². The average molecular weight is 289 g/mol. The number of hydrogen-bond acceptors (Lipinski definition) is 4. The molecule has 0 saturated carbocycles. The summed E-state index contributed by atoms with van der Waals surface area (Å²) in [5.74, 6) is -0.302. The summed E-state index contributed by atoms with van der Waals surface area (Å²) >= 11 is 0. The number of para-hydroxylation sites is 1. The van der Waals surface area contributed by atoms with Crippen LogP contribution in [-0.2, 0) is 9.53 Å². The molecule has 0 spiro atoms. The normalized spacial score (nSPS) is 12.3. The van der Waals surface area contributed by atoms with Crippen LogP contribution in [0.1, 0.15) is 19.0 Å². The molecule has 0 fully saturated rings. The van der Waals surface area contributed by atoms with E-state index in [4.69, 9.17) is 14.6 Å². The molecule has 5 heteroatoms. The summed E-state index contributed by atoms with van der Waals surface area (Å²) in [6, 6.07) is 9.64. The first kappa shape index (κ1) is 15.3. The number of nitrogens with zero attached hydrogens (tertiary/aromatic N) is 1. The van der Waals surface area contributed by atoms with Gasteiger partial charge in [0.05, 0.1) is 6.61 Å². The van der Waals surface area contributed by atoms with Crippen LogP contribution in [0.2, 0.25) is 0 Å². The Bertz CT molecular complexity index is 627. The van der Waals surface area contributed by atoms with Crippen molar-refractivity contribution in [3.05, 3.63) is 36.0 Å². The third kappa shape index (κ3) is 3.92. The second-order valence-electron chi connectivity index (χ2n) is 4.70. The zero-order valence-electron chi connectivity index (χ0n) is 12.2. The quantitative estimate of drug-likeness (QED) is 0.848. The van der Waals surface area contributed by atoms with Crippen LogP contribution in [0.15, 0.2) is 30.3 Å². The molecule has 0 aliphatic heterocycles. The van der Waals surface area contributed by atoms with Crippen molar-refractivity contribution >= 4 is 16.9 Å². The van der Waals surface area contributed by atoms with Crippen LogP contribution in [0.25, 0.3) is 10.9 Å². The van der Waals surface area contributed by atoms with Gasteiger partial charge in [0.15, 0.2) is 6.10 Å². The first-order valence-corrected chi connectivity index (χ1v) is 6.95. The van der Waals surface area contributed by atoms with Crippen molar-refractivity contribution in [2.24, 2.45) is 0 Å².